The Morgan fingerprint density at radius 2 is 2.05 bits per heavy atom. The fourth-order valence-electron chi connectivity index (χ4n) is 1.96. The van der Waals surface area contributed by atoms with E-state index in [2.05, 4.69) is 5.10 Å². The van der Waals surface area contributed by atoms with E-state index in [4.69, 9.17) is 4.74 Å². The first kappa shape index (κ1) is 16.2. The molecular formula is C14H23N3O3. The number of hydrogen-bond donors (Lipinski definition) is 0. The number of hydrogen-bond acceptors (Lipinski definition) is 4. The Balaban J connectivity index is 2.96. The molecule has 1 aromatic heterocycles. The smallest absolute Gasteiger partial charge is 0.325 e. The van der Waals surface area contributed by atoms with Crippen LogP contribution in [-0.4, -0.2) is 45.8 Å². The molecule has 0 unspecified atom stereocenters. The van der Waals surface area contributed by atoms with Gasteiger partial charge < -0.3 is 9.64 Å². The van der Waals surface area contributed by atoms with Crippen LogP contribution in [0.15, 0.2) is 6.20 Å². The fraction of sp³-hybridized carbons (Fsp3) is 0.643. The van der Waals surface area contributed by atoms with Crippen LogP contribution in [0.2, 0.25) is 0 Å². The summed E-state index contributed by atoms with van der Waals surface area (Å²) in [6, 6.07) is -0.0863. The van der Waals surface area contributed by atoms with Gasteiger partial charge in [-0.3, -0.25) is 14.3 Å². The van der Waals surface area contributed by atoms with Gasteiger partial charge in [0.1, 0.15) is 6.54 Å². The summed E-state index contributed by atoms with van der Waals surface area (Å²) in [6.07, 6.45) is 2.37. The van der Waals surface area contributed by atoms with Gasteiger partial charge in [0, 0.05) is 19.3 Å². The quantitative estimate of drug-likeness (QED) is 0.739. The minimum Gasteiger partial charge on any atom is -0.465 e. The molecule has 0 atom stereocenters. The Labute approximate surface area is 119 Å². The number of esters is 1. The van der Waals surface area contributed by atoms with Crippen LogP contribution in [0.3, 0.4) is 0 Å². The summed E-state index contributed by atoms with van der Waals surface area (Å²) in [5.41, 5.74) is 1.29. The summed E-state index contributed by atoms with van der Waals surface area (Å²) in [5.74, 6) is -0.575. The van der Waals surface area contributed by atoms with Gasteiger partial charge in [-0.25, -0.2) is 0 Å². The zero-order valence-corrected chi connectivity index (χ0v) is 12.8. The monoisotopic (exact) mass is 281 g/mol. The van der Waals surface area contributed by atoms with E-state index < -0.39 is 5.97 Å². The van der Waals surface area contributed by atoms with E-state index in [0.717, 1.165) is 5.69 Å². The van der Waals surface area contributed by atoms with E-state index >= 15 is 0 Å². The average molecular weight is 281 g/mol. The number of carbonyl (C=O) groups is 2. The Bertz CT molecular complexity index is 480. The molecule has 0 bridgehead atoms. The molecule has 0 N–H and O–H groups in total. The molecule has 0 aromatic carbocycles. The summed E-state index contributed by atoms with van der Waals surface area (Å²) < 4.78 is 6.54. The average Bonchev–Trinajstić information content (AvgIpc) is 2.76. The topological polar surface area (TPSA) is 64.4 Å². The third-order valence-corrected chi connectivity index (χ3v) is 2.96. The van der Waals surface area contributed by atoms with Crippen LogP contribution >= 0.6 is 0 Å². The zero-order valence-electron chi connectivity index (χ0n) is 12.8. The number of rotatable bonds is 6. The Kier molecular flexibility index (Phi) is 5.73. The van der Waals surface area contributed by atoms with E-state index in [1.54, 1.807) is 24.9 Å². The lowest BCUT2D eigenvalue weighted by molar-refractivity contribution is -0.144. The molecule has 20 heavy (non-hydrogen) atoms. The highest BCUT2D eigenvalue weighted by Gasteiger charge is 2.25. The van der Waals surface area contributed by atoms with Gasteiger partial charge in [0.25, 0.3) is 5.91 Å². The van der Waals surface area contributed by atoms with Gasteiger partial charge in [-0.2, -0.15) is 5.10 Å². The molecule has 1 rings (SSSR count). The van der Waals surface area contributed by atoms with Crippen LogP contribution in [-0.2, 0) is 23.0 Å². The van der Waals surface area contributed by atoms with E-state index in [0.29, 0.717) is 18.6 Å². The normalized spacial score (nSPS) is 10.7. The highest BCUT2D eigenvalue weighted by Crippen LogP contribution is 2.13. The van der Waals surface area contributed by atoms with Crippen molar-refractivity contribution in [3.05, 3.63) is 17.5 Å². The SMILES string of the molecule is CCOC(=O)CN(C(=O)c1cn(C)nc1CC)C(C)C. The van der Waals surface area contributed by atoms with Crippen molar-refractivity contribution in [2.45, 2.75) is 40.2 Å². The lowest BCUT2D eigenvalue weighted by atomic mass is 10.1. The lowest BCUT2D eigenvalue weighted by Crippen LogP contribution is -2.41. The first-order valence-electron chi connectivity index (χ1n) is 6.89. The largest absolute Gasteiger partial charge is 0.465 e. The van der Waals surface area contributed by atoms with E-state index in [-0.39, 0.29) is 18.5 Å². The van der Waals surface area contributed by atoms with Crippen molar-refractivity contribution >= 4 is 11.9 Å². The summed E-state index contributed by atoms with van der Waals surface area (Å²) in [6.45, 7) is 7.71. The Morgan fingerprint density at radius 3 is 2.55 bits per heavy atom. The molecule has 1 heterocycles. The second-order valence-electron chi connectivity index (χ2n) is 4.85. The minimum atomic E-state index is -0.392. The summed E-state index contributed by atoms with van der Waals surface area (Å²) in [7, 11) is 1.78. The second kappa shape index (κ2) is 7.07. The standard InChI is InChI=1S/C14H23N3O3/c1-6-12-11(8-16(5)15-12)14(19)17(10(3)4)9-13(18)20-7-2/h8,10H,6-7,9H2,1-5H3. The molecule has 0 fully saturated rings. The summed E-state index contributed by atoms with van der Waals surface area (Å²) in [4.78, 5) is 25.7. The van der Waals surface area contributed by atoms with Crippen LogP contribution in [0.1, 0.15) is 43.7 Å². The first-order chi connectivity index (χ1) is 9.40. The zero-order chi connectivity index (χ0) is 15.3. The first-order valence-corrected chi connectivity index (χ1v) is 6.89. The molecule has 0 spiro atoms. The molecule has 1 amide bonds. The van der Waals surface area contributed by atoms with Crippen LogP contribution in [0.25, 0.3) is 0 Å². The molecule has 6 nitrogen and oxygen atoms in total. The van der Waals surface area contributed by atoms with Crippen molar-refractivity contribution in [1.29, 1.82) is 0 Å². The van der Waals surface area contributed by atoms with Gasteiger partial charge in [0.05, 0.1) is 17.9 Å². The minimum absolute atomic E-state index is 0.0393. The van der Waals surface area contributed by atoms with Crippen molar-refractivity contribution < 1.29 is 14.3 Å². The number of aryl methyl sites for hydroxylation is 2. The van der Waals surface area contributed by atoms with Gasteiger partial charge in [-0.15, -0.1) is 0 Å². The third-order valence-electron chi connectivity index (χ3n) is 2.96. The summed E-state index contributed by atoms with van der Waals surface area (Å²) >= 11 is 0. The van der Waals surface area contributed by atoms with Gasteiger partial charge in [-0.1, -0.05) is 6.92 Å². The van der Waals surface area contributed by atoms with Gasteiger partial charge in [-0.05, 0) is 27.2 Å². The molecule has 0 saturated carbocycles. The highest BCUT2D eigenvalue weighted by molar-refractivity contribution is 5.97. The second-order valence-corrected chi connectivity index (χ2v) is 4.85. The van der Waals surface area contributed by atoms with Crippen molar-refractivity contribution in [1.82, 2.24) is 14.7 Å². The van der Waals surface area contributed by atoms with Gasteiger partial charge >= 0.3 is 5.97 Å². The predicted octanol–water partition coefficient (Wildman–Crippen LogP) is 1.40. The van der Waals surface area contributed by atoms with Crippen molar-refractivity contribution in [2.24, 2.45) is 7.05 Å². The molecular weight excluding hydrogens is 258 g/mol. The highest BCUT2D eigenvalue weighted by atomic mass is 16.5. The molecule has 112 valence electrons. The molecule has 0 aliphatic carbocycles. The van der Waals surface area contributed by atoms with Gasteiger partial charge in [0.2, 0.25) is 0 Å². The Morgan fingerprint density at radius 1 is 1.40 bits per heavy atom. The van der Waals surface area contributed by atoms with Crippen LogP contribution in [0.5, 0.6) is 0 Å². The lowest BCUT2D eigenvalue weighted by Gasteiger charge is -2.25. The maximum atomic E-state index is 12.6. The fourth-order valence-corrected chi connectivity index (χ4v) is 1.96. The van der Waals surface area contributed by atoms with Crippen molar-refractivity contribution in [2.75, 3.05) is 13.2 Å². The van der Waals surface area contributed by atoms with Crippen LogP contribution < -0.4 is 0 Å². The number of ether oxygens (including phenoxy) is 1. The van der Waals surface area contributed by atoms with Gasteiger partial charge in [0.15, 0.2) is 0 Å². The number of nitrogens with zero attached hydrogens (tertiary/aromatic N) is 3. The van der Waals surface area contributed by atoms with Crippen LogP contribution in [0.4, 0.5) is 0 Å². The number of amides is 1. The van der Waals surface area contributed by atoms with Crippen molar-refractivity contribution in [3.63, 3.8) is 0 Å². The van der Waals surface area contributed by atoms with E-state index in [1.807, 2.05) is 20.8 Å². The summed E-state index contributed by atoms with van der Waals surface area (Å²) in [5, 5.41) is 4.26. The molecule has 6 heteroatoms. The Hall–Kier alpha value is -1.85. The van der Waals surface area contributed by atoms with Crippen LogP contribution in [0, 0.1) is 0 Å². The van der Waals surface area contributed by atoms with E-state index in [9.17, 15) is 9.59 Å². The van der Waals surface area contributed by atoms with Crippen molar-refractivity contribution in [3.8, 4) is 0 Å². The maximum Gasteiger partial charge on any atom is 0.325 e. The molecule has 1 aromatic rings. The molecule has 0 aliphatic heterocycles. The molecule has 0 saturated heterocycles. The predicted molar refractivity (Wildman–Crippen MR) is 75.4 cm³/mol. The molecule has 0 radical (unpaired) electrons. The van der Waals surface area contributed by atoms with E-state index in [1.165, 1.54) is 4.90 Å². The maximum absolute atomic E-state index is 12.6. The number of aromatic nitrogens is 2. The molecule has 0 aliphatic rings. The third kappa shape index (κ3) is 3.82. The number of carbonyl (C=O) groups excluding carboxylic acids is 2.